The van der Waals surface area contributed by atoms with Crippen LogP contribution in [0.5, 0.6) is 5.75 Å². The van der Waals surface area contributed by atoms with Crippen molar-refractivity contribution in [1.82, 2.24) is 0 Å². The highest BCUT2D eigenvalue weighted by molar-refractivity contribution is 5.84. The van der Waals surface area contributed by atoms with Gasteiger partial charge in [-0.05, 0) is 61.2 Å². The van der Waals surface area contributed by atoms with Gasteiger partial charge in [0.1, 0.15) is 6.10 Å². The van der Waals surface area contributed by atoms with Gasteiger partial charge in [0.25, 0.3) is 0 Å². The summed E-state index contributed by atoms with van der Waals surface area (Å²) in [5.41, 5.74) is 1.22. The van der Waals surface area contributed by atoms with Gasteiger partial charge in [-0.15, -0.1) is 0 Å². The highest BCUT2D eigenvalue weighted by Gasteiger charge is 2.18. The summed E-state index contributed by atoms with van der Waals surface area (Å²) in [4.78, 5) is 22.7. The fraction of sp³-hybridized carbons (Fsp3) is 0.190. The number of hydrogen-bond acceptors (Lipinski definition) is 5. The van der Waals surface area contributed by atoms with Gasteiger partial charge in [-0.2, -0.15) is 5.26 Å². The molecule has 2 aromatic rings. The number of halogens is 1. The monoisotopic (exact) mass is 398 g/mol. The standard InChI is InChI=1S/C21H19FN2O5/c22-17-12-15(8-11-18(17)25)19(4-2-1-3-5-20(26)27)29-21(28)24-16-9-6-14(13-23)7-10-16/h3,5-12,19,25H,1-2,4H2,(H,24,28)(H,26,27)/b5-3+/t19-/m0/s1. The molecule has 2 rings (SSSR count). The van der Waals surface area contributed by atoms with E-state index in [1.54, 1.807) is 12.1 Å². The van der Waals surface area contributed by atoms with Crippen molar-refractivity contribution in [3.8, 4) is 11.8 Å². The van der Waals surface area contributed by atoms with Crippen LogP contribution in [-0.2, 0) is 9.53 Å². The summed E-state index contributed by atoms with van der Waals surface area (Å²) in [6.07, 6.45) is 2.16. The Hall–Kier alpha value is -3.86. The maximum absolute atomic E-state index is 13.7. The molecule has 0 heterocycles. The minimum absolute atomic E-state index is 0.314. The number of allylic oxidation sites excluding steroid dienone is 1. The van der Waals surface area contributed by atoms with E-state index in [2.05, 4.69) is 5.32 Å². The molecular formula is C21H19FN2O5. The number of phenolic OH excluding ortho intramolecular Hbond substituents is 1. The Morgan fingerprint density at radius 1 is 1.24 bits per heavy atom. The van der Waals surface area contributed by atoms with Crippen molar-refractivity contribution < 1.29 is 28.9 Å². The zero-order chi connectivity index (χ0) is 21.2. The van der Waals surface area contributed by atoms with E-state index in [1.165, 1.54) is 30.3 Å². The van der Waals surface area contributed by atoms with Crippen LogP contribution in [0.4, 0.5) is 14.9 Å². The molecule has 0 aliphatic heterocycles. The molecule has 29 heavy (non-hydrogen) atoms. The van der Waals surface area contributed by atoms with E-state index in [1.807, 2.05) is 6.07 Å². The molecule has 2 aromatic carbocycles. The van der Waals surface area contributed by atoms with Gasteiger partial charge in [0.05, 0.1) is 11.6 Å². The third-order valence-corrected chi connectivity index (χ3v) is 3.95. The summed E-state index contributed by atoms with van der Waals surface area (Å²) in [7, 11) is 0. The summed E-state index contributed by atoms with van der Waals surface area (Å²) >= 11 is 0. The van der Waals surface area contributed by atoms with Crippen LogP contribution in [-0.4, -0.2) is 22.3 Å². The number of carboxylic acids is 1. The van der Waals surface area contributed by atoms with Crippen LogP contribution in [0.3, 0.4) is 0 Å². The van der Waals surface area contributed by atoms with E-state index >= 15 is 0 Å². The Balaban J connectivity index is 2.06. The second-order valence-corrected chi connectivity index (χ2v) is 6.09. The zero-order valence-corrected chi connectivity index (χ0v) is 15.3. The van der Waals surface area contributed by atoms with Crippen LogP contribution >= 0.6 is 0 Å². The first-order valence-electron chi connectivity index (χ1n) is 8.74. The van der Waals surface area contributed by atoms with E-state index in [0.717, 1.165) is 12.1 Å². The van der Waals surface area contributed by atoms with E-state index in [9.17, 15) is 19.1 Å². The molecule has 0 aliphatic carbocycles. The van der Waals surface area contributed by atoms with Crippen LogP contribution in [0, 0.1) is 17.1 Å². The number of ether oxygens (including phenoxy) is 1. The number of carbonyl (C=O) groups excluding carboxylic acids is 1. The molecule has 0 aromatic heterocycles. The highest BCUT2D eigenvalue weighted by Crippen LogP contribution is 2.28. The Morgan fingerprint density at radius 2 is 1.97 bits per heavy atom. The van der Waals surface area contributed by atoms with Crippen molar-refractivity contribution in [3.05, 3.63) is 71.6 Å². The molecular weight excluding hydrogens is 379 g/mol. The fourth-order valence-electron chi connectivity index (χ4n) is 2.53. The second kappa shape index (κ2) is 10.5. The number of unbranched alkanes of at least 4 members (excludes halogenated alkanes) is 1. The van der Waals surface area contributed by atoms with Gasteiger partial charge < -0.3 is 14.9 Å². The van der Waals surface area contributed by atoms with Crippen LogP contribution in [0.2, 0.25) is 0 Å². The molecule has 0 aliphatic rings. The van der Waals surface area contributed by atoms with Gasteiger partial charge in [0, 0.05) is 11.8 Å². The molecule has 0 spiro atoms. The molecule has 1 atom stereocenters. The Labute approximate surface area is 166 Å². The lowest BCUT2D eigenvalue weighted by molar-refractivity contribution is -0.131. The number of phenols is 1. The number of hydrogen-bond donors (Lipinski definition) is 3. The molecule has 3 N–H and O–H groups in total. The van der Waals surface area contributed by atoms with Gasteiger partial charge in [0.2, 0.25) is 0 Å². The van der Waals surface area contributed by atoms with Crippen LogP contribution < -0.4 is 5.32 Å². The van der Waals surface area contributed by atoms with Gasteiger partial charge >= 0.3 is 12.1 Å². The van der Waals surface area contributed by atoms with Crippen molar-refractivity contribution in [2.75, 3.05) is 5.32 Å². The Morgan fingerprint density at radius 3 is 2.59 bits per heavy atom. The number of carboxylic acid groups (broad SMARTS) is 1. The minimum atomic E-state index is -1.06. The van der Waals surface area contributed by atoms with Crippen molar-refractivity contribution in [2.24, 2.45) is 0 Å². The molecule has 0 saturated carbocycles. The van der Waals surface area contributed by atoms with Gasteiger partial charge in [0.15, 0.2) is 11.6 Å². The lowest BCUT2D eigenvalue weighted by Crippen LogP contribution is -2.17. The van der Waals surface area contributed by atoms with Gasteiger partial charge in [-0.3, -0.25) is 5.32 Å². The zero-order valence-electron chi connectivity index (χ0n) is 15.3. The normalized spacial score (nSPS) is 11.6. The average molecular weight is 398 g/mol. The average Bonchev–Trinajstić information content (AvgIpc) is 2.69. The first kappa shape index (κ1) is 21.4. The molecule has 1 amide bonds. The number of anilines is 1. The number of nitrogens with one attached hydrogen (secondary N) is 1. The molecule has 7 nitrogen and oxygen atoms in total. The Kier molecular flexibility index (Phi) is 7.74. The number of nitriles is 1. The quantitative estimate of drug-likeness (QED) is 0.445. The van der Waals surface area contributed by atoms with E-state index in [4.69, 9.17) is 15.1 Å². The van der Waals surface area contributed by atoms with Crippen molar-refractivity contribution in [3.63, 3.8) is 0 Å². The van der Waals surface area contributed by atoms with E-state index in [0.29, 0.717) is 36.1 Å². The number of aromatic hydroxyl groups is 1. The van der Waals surface area contributed by atoms with Crippen LogP contribution in [0.1, 0.15) is 36.5 Å². The second-order valence-electron chi connectivity index (χ2n) is 6.09. The third kappa shape index (κ3) is 6.99. The SMILES string of the molecule is N#Cc1ccc(NC(=O)O[C@@H](CCC/C=C/C(=O)O)c2ccc(O)c(F)c2)cc1. The Bertz CT molecular complexity index is 935. The predicted molar refractivity (Wildman–Crippen MR) is 103 cm³/mol. The number of benzene rings is 2. The summed E-state index contributed by atoms with van der Waals surface area (Å²) in [6.45, 7) is 0. The fourth-order valence-corrected chi connectivity index (χ4v) is 2.53. The summed E-state index contributed by atoms with van der Waals surface area (Å²) in [5.74, 6) is -2.41. The number of carbonyl (C=O) groups is 2. The van der Waals surface area contributed by atoms with Crippen LogP contribution in [0.15, 0.2) is 54.6 Å². The van der Waals surface area contributed by atoms with Gasteiger partial charge in [-0.25, -0.2) is 14.0 Å². The van der Waals surface area contributed by atoms with Gasteiger partial charge in [-0.1, -0.05) is 12.1 Å². The van der Waals surface area contributed by atoms with Crippen molar-refractivity contribution in [2.45, 2.75) is 25.4 Å². The molecule has 0 fully saturated rings. The minimum Gasteiger partial charge on any atom is -0.505 e. The highest BCUT2D eigenvalue weighted by atomic mass is 19.1. The lowest BCUT2D eigenvalue weighted by Gasteiger charge is -2.19. The van der Waals surface area contributed by atoms with Crippen molar-refractivity contribution in [1.29, 1.82) is 5.26 Å². The lowest BCUT2D eigenvalue weighted by atomic mass is 10.0. The maximum Gasteiger partial charge on any atom is 0.412 e. The van der Waals surface area contributed by atoms with E-state index < -0.39 is 29.7 Å². The first-order chi connectivity index (χ1) is 13.9. The third-order valence-electron chi connectivity index (χ3n) is 3.95. The van der Waals surface area contributed by atoms with E-state index in [-0.39, 0.29) is 0 Å². The van der Waals surface area contributed by atoms with Crippen molar-refractivity contribution >= 4 is 17.7 Å². The first-order valence-corrected chi connectivity index (χ1v) is 8.74. The molecule has 0 unspecified atom stereocenters. The maximum atomic E-state index is 13.7. The topological polar surface area (TPSA) is 120 Å². The summed E-state index contributed by atoms with van der Waals surface area (Å²) < 4.78 is 19.1. The predicted octanol–water partition coefficient (Wildman–Crippen LogP) is 4.50. The summed E-state index contributed by atoms with van der Waals surface area (Å²) in [6, 6.07) is 11.8. The molecule has 0 radical (unpaired) electrons. The number of nitrogens with zero attached hydrogens (tertiary/aromatic N) is 1. The smallest absolute Gasteiger partial charge is 0.412 e. The molecule has 150 valence electrons. The number of rotatable bonds is 8. The molecule has 0 bridgehead atoms. The number of aliphatic carboxylic acids is 1. The number of amides is 1. The van der Waals surface area contributed by atoms with Crippen LogP contribution in [0.25, 0.3) is 0 Å². The molecule has 8 heteroatoms. The summed E-state index contributed by atoms with van der Waals surface area (Å²) in [5, 5.41) is 29.3. The largest absolute Gasteiger partial charge is 0.505 e. The molecule has 0 saturated heterocycles.